The molecule has 1 aromatic carbocycles. The van der Waals surface area contributed by atoms with Crippen LogP contribution >= 0.6 is 0 Å². The van der Waals surface area contributed by atoms with Crippen LogP contribution in [0.25, 0.3) is 0 Å². The topological polar surface area (TPSA) is 35.2 Å². The summed E-state index contributed by atoms with van der Waals surface area (Å²) in [6.45, 7) is 2.21. The van der Waals surface area contributed by atoms with E-state index in [1.54, 1.807) is 12.1 Å². The van der Waals surface area contributed by atoms with Crippen molar-refractivity contribution in [1.29, 1.82) is 0 Å². The second-order valence-corrected chi connectivity index (χ2v) is 5.05. The molecule has 1 atom stereocenters. The maximum absolute atomic E-state index is 13.8. The molecule has 108 valence electrons. The minimum Gasteiger partial charge on any atom is -0.497 e. The predicted molar refractivity (Wildman–Crippen MR) is 77.9 cm³/mol. The summed E-state index contributed by atoms with van der Waals surface area (Å²) >= 11 is 0. The average Bonchev–Trinajstić information content (AvgIpc) is 2.42. The summed E-state index contributed by atoms with van der Waals surface area (Å²) in [6, 6.07) is 4.68. The van der Waals surface area contributed by atoms with Crippen molar-refractivity contribution in [3.05, 3.63) is 29.6 Å². The van der Waals surface area contributed by atoms with Crippen LogP contribution < -0.4 is 10.5 Å². The summed E-state index contributed by atoms with van der Waals surface area (Å²) in [6.07, 6.45) is 8.21. The lowest BCUT2D eigenvalue weighted by atomic mass is 10.00. The Morgan fingerprint density at radius 2 is 1.84 bits per heavy atom. The van der Waals surface area contributed by atoms with E-state index in [-0.39, 0.29) is 11.9 Å². The molecule has 0 radical (unpaired) electrons. The minimum absolute atomic E-state index is 0.211. The molecule has 0 saturated carbocycles. The van der Waals surface area contributed by atoms with Crippen molar-refractivity contribution in [2.75, 3.05) is 7.11 Å². The highest BCUT2D eigenvalue weighted by Crippen LogP contribution is 2.24. The van der Waals surface area contributed by atoms with E-state index in [1.165, 1.54) is 45.3 Å². The third-order valence-corrected chi connectivity index (χ3v) is 3.48. The van der Waals surface area contributed by atoms with Crippen molar-refractivity contribution < 1.29 is 9.13 Å². The number of ether oxygens (including phenoxy) is 1. The average molecular weight is 267 g/mol. The minimum atomic E-state index is -0.266. The van der Waals surface area contributed by atoms with Crippen LogP contribution in [0.5, 0.6) is 5.75 Å². The van der Waals surface area contributed by atoms with E-state index in [2.05, 4.69) is 6.92 Å². The SMILES string of the molecule is CCCCCCCCC(N)c1ccc(OC)cc1F. The third-order valence-electron chi connectivity index (χ3n) is 3.48. The number of nitrogens with two attached hydrogens (primary N) is 1. The summed E-state index contributed by atoms with van der Waals surface area (Å²) in [4.78, 5) is 0. The highest BCUT2D eigenvalue weighted by atomic mass is 19.1. The summed E-state index contributed by atoms with van der Waals surface area (Å²) in [5.41, 5.74) is 6.64. The largest absolute Gasteiger partial charge is 0.497 e. The van der Waals surface area contributed by atoms with Gasteiger partial charge >= 0.3 is 0 Å². The molecule has 1 rings (SSSR count). The van der Waals surface area contributed by atoms with E-state index in [1.807, 2.05) is 0 Å². The third kappa shape index (κ3) is 5.60. The summed E-state index contributed by atoms with van der Waals surface area (Å²) in [7, 11) is 1.53. The van der Waals surface area contributed by atoms with Crippen LogP contribution in [0.1, 0.15) is 63.5 Å². The summed E-state index contributed by atoms with van der Waals surface area (Å²) in [5, 5.41) is 0. The quantitative estimate of drug-likeness (QED) is 0.664. The first-order chi connectivity index (χ1) is 9.19. The molecule has 0 aliphatic rings. The van der Waals surface area contributed by atoms with Gasteiger partial charge in [0.15, 0.2) is 0 Å². The Bertz CT molecular complexity index is 368. The molecule has 0 aromatic heterocycles. The van der Waals surface area contributed by atoms with Crippen LogP contribution in [0.3, 0.4) is 0 Å². The molecule has 0 aliphatic carbocycles. The van der Waals surface area contributed by atoms with Crippen LogP contribution in [-0.4, -0.2) is 7.11 Å². The number of unbranched alkanes of at least 4 members (excludes halogenated alkanes) is 5. The molecule has 0 bridgehead atoms. The lowest BCUT2D eigenvalue weighted by Crippen LogP contribution is -2.12. The van der Waals surface area contributed by atoms with Gasteiger partial charge in [0, 0.05) is 17.7 Å². The number of hydrogen-bond donors (Lipinski definition) is 1. The van der Waals surface area contributed by atoms with Crippen LogP contribution in [0.4, 0.5) is 4.39 Å². The fourth-order valence-corrected chi connectivity index (χ4v) is 2.24. The lowest BCUT2D eigenvalue weighted by Gasteiger charge is -2.13. The normalized spacial score (nSPS) is 12.4. The maximum atomic E-state index is 13.8. The number of hydrogen-bond acceptors (Lipinski definition) is 2. The smallest absolute Gasteiger partial charge is 0.131 e. The van der Waals surface area contributed by atoms with Gasteiger partial charge in [-0.1, -0.05) is 51.5 Å². The van der Waals surface area contributed by atoms with Crippen LogP contribution in [-0.2, 0) is 0 Å². The van der Waals surface area contributed by atoms with Gasteiger partial charge in [-0.2, -0.15) is 0 Å². The molecule has 0 aliphatic heterocycles. The Hall–Kier alpha value is -1.09. The number of rotatable bonds is 9. The second kappa shape index (κ2) is 8.92. The number of halogens is 1. The van der Waals surface area contributed by atoms with Crippen LogP contribution in [0.15, 0.2) is 18.2 Å². The van der Waals surface area contributed by atoms with Gasteiger partial charge in [-0.25, -0.2) is 4.39 Å². The van der Waals surface area contributed by atoms with Gasteiger partial charge in [0.25, 0.3) is 0 Å². The van der Waals surface area contributed by atoms with E-state index in [9.17, 15) is 4.39 Å². The molecule has 1 aromatic rings. The van der Waals surface area contributed by atoms with Crippen molar-refractivity contribution in [2.24, 2.45) is 5.73 Å². The molecule has 0 amide bonds. The zero-order valence-corrected chi connectivity index (χ0v) is 12.1. The van der Waals surface area contributed by atoms with Crippen molar-refractivity contribution in [2.45, 2.75) is 57.9 Å². The molecule has 1 unspecified atom stereocenters. The molecule has 0 spiro atoms. The van der Waals surface area contributed by atoms with Crippen molar-refractivity contribution >= 4 is 0 Å². The van der Waals surface area contributed by atoms with E-state index in [0.717, 1.165) is 12.8 Å². The molecule has 2 nitrogen and oxygen atoms in total. The number of methoxy groups -OCH3 is 1. The highest BCUT2D eigenvalue weighted by Gasteiger charge is 2.11. The summed E-state index contributed by atoms with van der Waals surface area (Å²) < 4.78 is 18.8. The second-order valence-electron chi connectivity index (χ2n) is 5.05. The summed E-state index contributed by atoms with van der Waals surface area (Å²) in [5.74, 6) is 0.269. The first-order valence-corrected chi connectivity index (χ1v) is 7.28. The van der Waals surface area contributed by atoms with Crippen molar-refractivity contribution in [3.63, 3.8) is 0 Å². The van der Waals surface area contributed by atoms with E-state index >= 15 is 0 Å². The van der Waals surface area contributed by atoms with Gasteiger partial charge in [-0.3, -0.25) is 0 Å². The maximum Gasteiger partial charge on any atom is 0.131 e. The van der Waals surface area contributed by atoms with Crippen LogP contribution in [0.2, 0.25) is 0 Å². The van der Waals surface area contributed by atoms with Gasteiger partial charge in [-0.05, 0) is 12.5 Å². The molecule has 19 heavy (non-hydrogen) atoms. The standard InChI is InChI=1S/C16H26FNO/c1-3-4-5-6-7-8-9-16(18)14-11-10-13(19-2)12-15(14)17/h10-12,16H,3-9,18H2,1-2H3. The first kappa shape index (κ1) is 16.0. The molecular formula is C16H26FNO. The lowest BCUT2D eigenvalue weighted by molar-refractivity contribution is 0.409. The Balaban J connectivity index is 2.34. The fourth-order valence-electron chi connectivity index (χ4n) is 2.24. The zero-order valence-electron chi connectivity index (χ0n) is 12.1. The fraction of sp³-hybridized carbons (Fsp3) is 0.625. The monoisotopic (exact) mass is 267 g/mol. The highest BCUT2D eigenvalue weighted by molar-refractivity contribution is 5.30. The zero-order chi connectivity index (χ0) is 14.1. The van der Waals surface area contributed by atoms with Gasteiger partial charge in [0.2, 0.25) is 0 Å². The Morgan fingerprint density at radius 3 is 2.47 bits per heavy atom. The molecule has 2 N–H and O–H groups in total. The van der Waals surface area contributed by atoms with Gasteiger partial charge in [-0.15, -0.1) is 0 Å². The molecular weight excluding hydrogens is 241 g/mol. The van der Waals surface area contributed by atoms with E-state index in [4.69, 9.17) is 10.5 Å². The molecule has 3 heteroatoms. The Morgan fingerprint density at radius 1 is 1.16 bits per heavy atom. The van der Waals surface area contributed by atoms with Gasteiger partial charge in [0.05, 0.1) is 7.11 Å². The first-order valence-electron chi connectivity index (χ1n) is 7.28. The predicted octanol–water partition coefficient (Wildman–Crippen LogP) is 4.58. The Labute approximate surface area is 116 Å². The van der Waals surface area contributed by atoms with E-state index < -0.39 is 0 Å². The van der Waals surface area contributed by atoms with Crippen molar-refractivity contribution in [1.82, 2.24) is 0 Å². The van der Waals surface area contributed by atoms with Crippen molar-refractivity contribution in [3.8, 4) is 5.75 Å². The van der Waals surface area contributed by atoms with Gasteiger partial charge < -0.3 is 10.5 Å². The van der Waals surface area contributed by atoms with Gasteiger partial charge in [0.1, 0.15) is 11.6 Å². The Kier molecular flexibility index (Phi) is 7.49. The molecule has 0 saturated heterocycles. The van der Waals surface area contributed by atoms with Crippen LogP contribution in [0, 0.1) is 5.82 Å². The number of benzene rings is 1. The molecule has 0 heterocycles. The molecule has 0 fully saturated rings. The van der Waals surface area contributed by atoms with E-state index in [0.29, 0.717) is 11.3 Å².